The van der Waals surface area contributed by atoms with E-state index in [-0.39, 0.29) is 31.1 Å². The number of rotatable bonds is 55. The maximum Gasteiger partial charge on any atom is 0.306 e. The van der Waals surface area contributed by atoms with Gasteiger partial charge in [0.25, 0.3) is 0 Å². The van der Waals surface area contributed by atoms with Crippen molar-refractivity contribution >= 4 is 17.9 Å². The summed E-state index contributed by atoms with van der Waals surface area (Å²) in [4.78, 5) is 38.2. The van der Waals surface area contributed by atoms with Gasteiger partial charge in [0.2, 0.25) is 0 Å². The van der Waals surface area contributed by atoms with Gasteiger partial charge in [0.15, 0.2) is 6.10 Å². The van der Waals surface area contributed by atoms with Gasteiger partial charge in [-0.2, -0.15) is 0 Å². The van der Waals surface area contributed by atoms with E-state index < -0.39 is 6.10 Å². The van der Waals surface area contributed by atoms with Crippen LogP contribution in [0.5, 0.6) is 0 Å². The van der Waals surface area contributed by atoms with Crippen LogP contribution in [0.15, 0.2) is 48.6 Å². The molecule has 0 spiro atoms. The Morgan fingerprint density at radius 1 is 0.304 bits per heavy atom. The van der Waals surface area contributed by atoms with Crippen LogP contribution in [0, 0.1) is 0 Å². The van der Waals surface area contributed by atoms with Gasteiger partial charge in [0.05, 0.1) is 0 Å². The summed E-state index contributed by atoms with van der Waals surface area (Å²) in [6, 6.07) is 0. The van der Waals surface area contributed by atoms with E-state index in [4.69, 9.17) is 14.2 Å². The minimum Gasteiger partial charge on any atom is -0.462 e. The molecule has 0 heterocycles. The first-order valence-corrected chi connectivity index (χ1v) is 30.1. The molecule has 0 bridgehead atoms. The summed E-state index contributed by atoms with van der Waals surface area (Å²) in [6.07, 6.45) is 71.0. The smallest absolute Gasteiger partial charge is 0.306 e. The molecule has 0 saturated heterocycles. The molecular formula is C63H114O6. The highest BCUT2D eigenvalue weighted by atomic mass is 16.6. The Morgan fingerprint density at radius 2 is 0.565 bits per heavy atom. The zero-order chi connectivity index (χ0) is 50.0. The average molecular weight is 968 g/mol. The quantitative estimate of drug-likeness (QED) is 0.0262. The van der Waals surface area contributed by atoms with Gasteiger partial charge in [0, 0.05) is 19.3 Å². The maximum atomic E-state index is 12.9. The Balaban J connectivity index is 4.36. The number of unbranched alkanes of at least 4 members (excludes halogenated alkanes) is 36. The van der Waals surface area contributed by atoms with Crippen molar-refractivity contribution in [1.82, 2.24) is 0 Å². The molecule has 0 aromatic carbocycles. The lowest BCUT2D eigenvalue weighted by Crippen LogP contribution is -2.30. The summed E-state index contributed by atoms with van der Waals surface area (Å²) < 4.78 is 16.9. The monoisotopic (exact) mass is 967 g/mol. The highest BCUT2D eigenvalue weighted by Crippen LogP contribution is 2.17. The third-order valence-corrected chi connectivity index (χ3v) is 13.3. The molecule has 0 aromatic rings. The molecule has 0 radical (unpaired) electrons. The van der Waals surface area contributed by atoms with Crippen molar-refractivity contribution in [2.24, 2.45) is 0 Å². The third-order valence-electron chi connectivity index (χ3n) is 13.3. The van der Waals surface area contributed by atoms with E-state index in [1.807, 2.05) is 0 Å². The van der Waals surface area contributed by atoms with E-state index in [2.05, 4.69) is 69.4 Å². The fourth-order valence-corrected chi connectivity index (χ4v) is 8.81. The minimum atomic E-state index is -0.779. The van der Waals surface area contributed by atoms with Crippen LogP contribution in [-0.2, 0) is 28.6 Å². The summed E-state index contributed by atoms with van der Waals surface area (Å²) >= 11 is 0. The number of allylic oxidation sites excluding steroid dienone is 8. The average Bonchev–Trinajstić information content (AvgIpc) is 3.35. The summed E-state index contributed by atoms with van der Waals surface area (Å²) in [6.45, 7) is 6.55. The number of hydrogen-bond donors (Lipinski definition) is 0. The van der Waals surface area contributed by atoms with Gasteiger partial charge in [-0.15, -0.1) is 0 Å². The first-order valence-electron chi connectivity index (χ1n) is 30.1. The molecule has 1 atom stereocenters. The van der Waals surface area contributed by atoms with Crippen LogP contribution >= 0.6 is 0 Å². The number of carbonyl (C=O) groups is 3. The van der Waals surface area contributed by atoms with Crippen molar-refractivity contribution in [3.63, 3.8) is 0 Å². The number of hydrogen-bond acceptors (Lipinski definition) is 6. The Labute approximate surface area is 428 Å². The summed E-state index contributed by atoms with van der Waals surface area (Å²) in [7, 11) is 0. The summed E-state index contributed by atoms with van der Waals surface area (Å²) in [5, 5.41) is 0. The lowest BCUT2D eigenvalue weighted by molar-refractivity contribution is -0.167. The van der Waals surface area contributed by atoms with Crippen LogP contribution in [0.3, 0.4) is 0 Å². The highest BCUT2D eigenvalue weighted by Gasteiger charge is 2.19. The van der Waals surface area contributed by atoms with Crippen LogP contribution in [0.2, 0.25) is 0 Å². The molecule has 0 amide bonds. The molecule has 6 nitrogen and oxygen atoms in total. The van der Waals surface area contributed by atoms with Gasteiger partial charge in [-0.05, 0) is 77.0 Å². The van der Waals surface area contributed by atoms with Crippen molar-refractivity contribution < 1.29 is 28.6 Å². The number of carbonyl (C=O) groups excluding carboxylic acids is 3. The second kappa shape index (κ2) is 57.9. The van der Waals surface area contributed by atoms with E-state index in [0.717, 1.165) is 96.3 Å². The van der Waals surface area contributed by atoms with Gasteiger partial charge in [-0.3, -0.25) is 14.4 Å². The topological polar surface area (TPSA) is 78.9 Å². The molecule has 69 heavy (non-hydrogen) atoms. The van der Waals surface area contributed by atoms with E-state index in [1.54, 1.807) is 0 Å². The Bertz CT molecular complexity index is 1200. The van der Waals surface area contributed by atoms with Crippen molar-refractivity contribution in [1.29, 1.82) is 0 Å². The van der Waals surface area contributed by atoms with Gasteiger partial charge >= 0.3 is 17.9 Å². The Morgan fingerprint density at radius 3 is 0.899 bits per heavy atom. The second-order valence-electron chi connectivity index (χ2n) is 20.2. The second-order valence-corrected chi connectivity index (χ2v) is 20.2. The SMILES string of the molecule is CC/C=C\C/C=C\C/C=C\CCCCCCCC(=O)OC[C@H](COC(=O)CCCCCCCCCCCCCCCCCCC)OC(=O)CCCCCCCCCCC/C=C\CCCCCCCC. The molecule has 0 unspecified atom stereocenters. The molecule has 0 saturated carbocycles. The fraction of sp³-hybridized carbons (Fsp3) is 0.825. The van der Waals surface area contributed by atoms with Crippen molar-refractivity contribution in [3.05, 3.63) is 48.6 Å². The van der Waals surface area contributed by atoms with E-state index in [1.165, 1.54) is 180 Å². The number of esters is 3. The zero-order valence-corrected chi connectivity index (χ0v) is 46.1. The Kier molecular flexibility index (Phi) is 55.7. The summed E-state index contributed by atoms with van der Waals surface area (Å²) in [5.74, 6) is -0.878. The van der Waals surface area contributed by atoms with Crippen LogP contribution in [-0.4, -0.2) is 37.2 Å². The predicted molar refractivity (Wildman–Crippen MR) is 298 cm³/mol. The fourth-order valence-electron chi connectivity index (χ4n) is 8.81. The van der Waals surface area contributed by atoms with Gasteiger partial charge in [-0.1, -0.05) is 268 Å². The van der Waals surface area contributed by atoms with Crippen LogP contribution in [0.1, 0.15) is 316 Å². The lowest BCUT2D eigenvalue weighted by atomic mass is 10.0. The van der Waals surface area contributed by atoms with Crippen LogP contribution in [0.25, 0.3) is 0 Å². The largest absolute Gasteiger partial charge is 0.462 e. The van der Waals surface area contributed by atoms with Gasteiger partial charge in [0.1, 0.15) is 13.2 Å². The highest BCUT2D eigenvalue weighted by molar-refractivity contribution is 5.71. The molecular weight excluding hydrogens is 853 g/mol. The molecule has 0 aliphatic rings. The first kappa shape index (κ1) is 66.4. The van der Waals surface area contributed by atoms with Crippen molar-refractivity contribution in [3.8, 4) is 0 Å². The molecule has 0 aromatic heterocycles. The van der Waals surface area contributed by atoms with E-state index in [0.29, 0.717) is 19.3 Å². The molecule has 0 N–H and O–H groups in total. The normalized spacial score (nSPS) is 12.3. The van der Waals surface area contributed by atoms with Crippen LogP contribution in [0.4, 0.5) is 0 Å². The van der Waals surface area contributed by atoms with Crippen LogP contribution < -0.4 is 0 Å². The Hall–Kier alpha value is -2.63. The van der Waals surface area contributed by atoms with Gasteiger partial charge in [-0.25, -0.2) is 0 Å². The lowest BCUT2D eigenvalue weighted by Gasteiger charge is -2.18. The van der Waals surface area contributed by atoms with Crippen molar-refractivity contribution in [2.45, 2.75) is 322 Å². The molecule has 0 rings (SSSR count). The first-order chi connectivity index (χ1) is 34.0. The van der Waals surface area contributed by atoms with E-state index >= 15 is 0 Å². The zero-order valence-electron chi connectivity index (χ0n) is 46.1. The minimum absolute atomic E-state index is 0.0761. The summed E-state index contributed by atoms with van der Waals surface area (Å²) in [5.41, 5.74) is 0. The van der Waals surface area contributed by atoms with E-state index in [9.17, 15) is 14.4 Å². The van der Waals surface area contributed by atoms with Gasteiger partial charge < -0.3 is 14.2 Å². The van der Waals surface area contributed by atoms with Crippen molar-refractivity contribution in [2.75, 3.05) is 13.2 Å². The number of ether oxygens (including phenoxy) is 3. The molecule has 6 heteroatoms. The molecule has 0 aliphatic carbocycles. The standard InChI is InChI=1S/C63H114O6/c1-4-7-10-13-16-19-22-25-28-30-31-33-36-39-42-45-48-51-54-57-63(66)69-60(58-67-61(64)55-52-49-46-43-40-37-34-27-24-21-18-15-12-9-6-3)59-68-62(65)56-53-50-47-44-41-38-35-32-29-26-23-20-17-14-11-8-5-2/h9,12,18,21,25,27-28,34,60H,4-8,10-11,13-17,19-20,22-24,26,29-33,35-59H2,1-3H3/b12-9-,21-18-,28-25-,34-27-/t60-/m1/s1. The third kappa shape index (κ3) is 56.2. The maximum absolute atomic E-state index is 12.9. The molecule has 0 aliphatic heterocycles. The molecule has 0 fully saturated rings. The molecule has 402 valence electrons. The predicted octanol–water partition coefficient (Wildman–Crippen LogP) is 20.2.